The first kappa shape index (κ1) is 28.5. The molecule has 1 saturated heterocycles. The van der Waals surface area contributed by atoms with Crippen molar-refractivity contribution in [2.24, 2.45) is 7.05 Å². The molecule has 41 heavy (non-hydrogen) atoms. The highest BCUT2D eigenvalue weighted by atomic mass is 32.1. The summed E-state index contributed by atoms with van der Waals surface area (Å²) in [4.78, 5) is 40.1. The lowest BCUT2D eigenvalue weighted by atomic mass is 10.0. The standard InChI is InChI=1S/C30H33N4O6S/c1-30(2,3)40-29(36)33-10-5-11-38-23(17-33)18-34(37)22(16-31)15-24-13-21-12-19(7-9-27(21)41-24)20-6-8-26-25(14-20)32(4)28(35)39-26/h6-9,12-14,22-23H,5,10-11,15,17-18H2,1-4H3/q+1/t22?,23-/m0/s1. The van der Waals surface area contributed by atoms with Crippen molar-refractivity contribution in [3.63, 3.8) is 0 Å². The monoisotopic (exact) mass is 577 g/mol. The Morgan fingerprint density at radius 2 is 1.98 bits per heavy atom. The fraction of sp³-hybridized carbons (Fsp3) is 0.433. The molecule has 1 fully saturated rings. The smallest absolute Gasteiger partial charge is 0.419 e. The van der Waals surface area contributed by atoms with Crippen LogP contribution in [0.5, 0.6) is 0 Å². The molecule has 1 unspecified atom stereocenters. The van der Waals surface area contributed by atoms with Crippen LogP contribution in [-0.4, -0.2) is 64.3 Å². The molecule has 0 bridgehead atoms. The second-order valence-corrected chi connectivity index (χ2v) is 12.5. The van der Waals surface area contributed by atoms with E-state index in [4.69, 9.17) is 13.9 Å². The highest BCUT2D eigenvalue weighted by Gasteiger charge is 2.34. The summed E-state index contributed by atoms with van der Waals surface area (Å²) >= 11 is 1.55. The largest absolute Gasteiger partial charge is 0.444 e. The maximum atomic E-state index is 13.1. The minimum absolute atomic E-state index is 0.0223. The fourth-order valence-corrected chi connectivity index (χ4v) is 5.99. The van der Waals surface area contributed by atoms with Crippen molar-refractivity contribution in [3.05, 3.63) is 62.8 Å². The van der Waals surface area contributed by atoms with Gasteiger partial charge in [-0.25, -0.2) is 9.59 Å². The van der Waals surface area contributed by atoms with E-state index in [9.17, 15) is 19.8 Å². The lowest BCUT2D eigenvalue weighted by molar-refractivity contribution is -0.580. The number of carbonyl (C=O) groups excluding carboxylic acids is 1. The molecule has 11 heteroatoms. The van der Waals surface area contributed by atoms with Crippen LogP contribution in [0.15, 0.2) is 51.7 Å². The van der Waals surface area contributed by atoms with Gasteiger partial charge in [0.05, 0.1) is 18.5 Å². The molecule has 214 valence electrons. The van der Waals surface area contributed by atoms with Gasteiger partial charge in [-0.1, -0.05) is 12.1 Å². The number of nitrogens with zero attached hydrogens (tertiary/aromatic N) is 4. The summed E-state index contributed by atoms with van der Waals surface area (Å²) in [5, 5.41) is 10.9. The Balaban J connectivity index is 1.27. The van der Waals surface area contributed by atoms with Crippen LogP contribution in [-0.2, 0) is 22.9 Å². The molecular weight excluding hydrogens is 544 g/mol. The zero-order valence-electron chi connectivity index (χ0n) is 23.6. The molecular formula is C30H33N4O6S+. The van der Waals surface area contributed by atoms with E-state index in [1.807, 2.05) is 51.1 Å². The van der Waals surface area contributed by atoms with Gasteiger partial charge < -0.3 is 18.8 Å². The van der Waals surface area contributed by atoms with Gasteiger partial charge in [0.15, 0.2) is 5.58 Å². The van der Waals surface area contributed by atoms with Gasteiger partial charge in [0.25, 0.3) is 6.04 Å². The second kappa shape index (κ2) is 11.5. The molecule has 2 atom stereocenters. The number of aromatic nitrogens is 1. The quantitative estimate of drug-likeness (QED) is 0.287. The van der Waals surface area contributed by atoms with E-state index in [1.165, 1.54) is 4.57 Å². The van der Waals surface area contributed by atoms with Gasteiger partial charge in [0.2, 0.25) is 6.54 Å². The van der Waals surface area contributed by atoms with Crippen molar-refractivity contribution in [2.45, 2.75) is 51.4 Å². The van der Waals surface area contributed by atoms with Crippen molar-refractivity contribution >= 4 is 38.6 Å². The summed E-state index contributed by atoms with van der Waals surface area (Å²) in [7, 11) is 1.68. The van der Waals surface area contributed by atoms with Crippen LogP contribution >= 0.6 is 11.3 Å². The summed E-state index contributed by atoms with van der Waals surface area (Å²) in [6.45, 7) is 6.56. The van der Waals surface area contributed by atoms with Gasteiger partial charge in [0, 0.05) is 39.4 Å². The van der Waals surface area contributed by atoms with Crippen LogP contribution in [0.1, 0.15) is 32.1 Å². The molecule has 2 aromatic carbocycles. The van der Waals surface area contributed by atoms with Gasteiger partial charge in [0.1, 0.15) is 17.8 Å². The number of aryl methyl sites for hydroxylation is 1. The number of nitriles is 1. The molecule has 0 aliphatic carbocycles. The predicted octanol–water partition coefficient (Wildman–Crippen LogP) is 5.25. The number of thiophene rings is 1. The van der Waals surface area contributed by atoms with E-state index < -0.39 is 29.6 Å². The average molecular weight is 578 g/mol. The molecule has 1 aliphatic heterocycles. The molecule has 10 nitrogen and oxygen atoms in total. The van der Waals surface area contributed by atoms with Crippen LogP contribution in [0.25, 0.3) is 32.3 Å². The van der Waals surface area contributed by atoms with Crippen molar-refractivity contribution in [3.8, 4) is 17.2 Å². The third-order valence-electron chi connectivity index (χ3n) is 6.97. The number of benzene rings is 2. The van der Waals surface area contributed by atoms with E-state index in [2.05, 4.69) is 12.1 Å². The summed E-state index contributed by atoms with van der Waals surface area (Å²) < 4.78 is 19.9. The maximum absolute atomic E-state index is 13.1. The number of hydrogen-bond donors (Lipinski definition) is 0. The molecule has 1 amide bonds. The molecule has 0 spiro atoms. The minimum Gasteiger partial charge on any atom is -0.444 e. The van der Waals surface area contributed by atoms with Crippen molar-refractivity contribution < 1.29 is 23.4 Å². The van der Waals surface area contributed by atoms with Crippen molar-refractivity contribution in [2.75, 3.05) is 26.2 Å². The Hall–Kier alpha value is -4.01. The van der Waals surface area contributed by atoms with Gasteiger partial charge in [-0.2, -0.15) is 5.26 Å². The Bertz CT molecular complexity index is 1710. The highest BCUT2D eigenvalue weighted by Crippen LogP contribution is 2.32. The second-order valence-electron chi connectivity index (χ2n) is 11.3. The average Bonchev–Trinajstić information content (AvgIpc) is 3.35. The highest BCUT2D eigenvalue weighted by molar-refractivity contribution is 7.19. The normalized spacial score (nSPS) is 16.9. The van der Waals surface area contributed by atoms with E-state index >= 15 is 0 Å². The number of fused-ring (bicyclic) bond motifs is 2. The van der Waals surface area contributed by atoms with Crippen LogP contribution in [0.4, 0.5) is 4.79 Å². The Morgan fingerprint density at radius 3 is 2.73 bits per heavy atom. The SMILES string of the molecule is Cn1c(=O)oc2ccc(-c3ccc4sc(CC(C#N)[N+](=O)C[C@@H]5CN(C(=O)OC(C)(C)C)CCCO5)cc4c3)cc21. The summed E-state index contributed by atoms with van der Waals surface area (Å²) in [5.74, 6) is -0.402. The minimum atomic E-state index is -0.894. The van der Waals surface area contributed by atoms with Crippen LogP contribution in [0, 0.1) is 16.2 Å². The number of ether oxygens (including phenoxy) is 2. The third-order valence-corrected chi connectivity index (χ3v) is 8.11. The van der Waals surface area contributed by atoms with Gasteiger partial charge >= 0.3 is 11.8 Å². The zero-order chi connectivity index (χ0) is 29.3. The molecule has 0 saturated carbocycles. The summed E-state index contributed by atoms with van der Waals surface area (Å²) in [6.07, 6.45) is -0.0231. The van der Waals surface area contributed by atoms with Gasteiger partial charge in [-0.15, -0.1) is 11.3 Å². The first-order valence-corrected chi connectivity index (χ1v) is 14.4. The summed E-state index contributed by atoms with van der Waals surface area (Å²) in [5.41, 5.74) is 2.58. The predicted molar refractivity (Wildman–Crippen MR) is 156 cm³/mol. The molecule has 3 heterocycles. The molecule has 5 rings (SSSR count). The fourth-order valence-electron chi connectivity index (χ4n) is 4.91. The molecule has 0 N–H and O–H groups in total. The van der Waals surface area contributed by atoms with E-state index in [0.29, 0.717) is 25.2 Å². The number of nitroso groups, excluding NO2 is 1. The van der Waals surface area contributed by atoms with E-state index in [0.717, 1.165) is 36.4 Å². The number of carbonyl (C=O) groups is 1. The topological polar surface area (TPSA) is 118 Å². The first-order chi connectivity index (χ1) is 19.5. The van der Waals surface area contributed by atoms with Crippen LogP contribution in [0.2, 0.25) is 0 Å². The molecule has 1 aliphatic rings. The van der Waals surface area contributed by atoms with Crippen LogP contribution in [0.3, 0.4) is 0 Å². The lowest BCUT2D eigenvalue weighted by Gasteiger charge is -2.27. The number of amides is 1. The number of oxazole rings is 1. The van der Waals surface area contributed by atoms with Crippen molar-refractivity contribution in [1.29, 1.82) is 5.26 Å². The van der Waals surface area contributed by atoms with Gasteiger partial charge in [-0.05, 0) is 74.0 Å². The first-order valence-electron chi connectivity index (χ1n) is 13.6. The van der Waals surface area contributed by atoms with Crippen LogP contribution < -0.4 is 5.76 Å². The number of rotatable bonds is 6. The third kappa shape index (κ3) is 6.50. The Morgan fingerprint density at radius 1 is 1.22 bits per heavy atom. The Kier molecular flexibility index (Phi) is 7.98. The zero-order valence-corrected chi connectivity index (χ0v) is 24.4. The molecule has 0 radical (unpaired) electrons. The van der Waals surface area contributed by atoms with Crippen molar-refractivity contribution in [1.82, 2.24) is 9.47 Å². The van der Waals surface area contributed by atoms with E-state index in [1.54, 1.807) is 29.4 Å². The number of hydrogen-bond acceptors (Lipinski definition) is 8. The molecule has 2 aromatic heterocycles. The summed E-state index contributed by atoms with van der Waals surface area (Å²) in [6, 6.07) is 15.0. The van der Waals surface area contributed by atoms with E-state index in [-0.39, 0.29) is 19.5 Å². The molecule has 4 aromatic rings. The lowest BCUT2D eigenvalue weighted by Crippen LogP contribution is -2.43. The van der Waals surface area contributed by atoms with Gasteiger partial charge in [-0.3, -0.25) is 4.57 Å². The maximum Gasteiger partial charge on any atom is 0.419 e. The Labute approximate surface area is 241 Å².